The number of rotatable bonds is 9. The van der Waals surface area contributed by atoms with Crippen LogP contribution in [0.3, 0.4) is 0 Å². The molecule has 136 valence electrons. The van der Waals surface area contributed by atoms with E-state index in [0.29, 0.717) is 37.8 Å². The average molecular weight is 347 g/mol. The summed E-state index contributed by atoms with van der Waals surface area (Å²) in [6.07, 6.45) is -3.91. The maximum Gasteiger partial charge on any atom is 0.573 e. The van der Waals surface area contributed by atoms with E-state index in [2.05, 4.69) is 20.4 Å². The van der Waals surface area contributed by atoms with Crippen molar-refractivity contribution in [1.82, 2.24) is 10.6 Å². The molecular weight excluding hydrogens is 323 g/mol. The van der Waals surface area contributed by atoms with Crippen molar-refractivity contribution < 1.29 is 22.6 Å². The smallest absolute Gasteiger partial charge is 0.405 e. The zero-order chi connectivity index (χ0) is 17.8. The number of nitrogens with one attached hydrogen (secondary N) is 2. The standard InChI is InChI=1S/C16H24F3N3O2/c1-3-20-15(21-10-7-11-23-4-2)22-12-13-8-5-6-9-14(13)24-16(17,18)19/h5-6,8-9H,3-4,7,10-12H2,1-2H3,(H2,20,21,22). The molecule has 0 amide bonds. The number of benzene rings is 1. The molecule has 1 aromatic rings. The van der Waals surface area contributed by atoms with Crippen molar-refractivity contribution in [3.63, 3.8) is 0 Å². The number of alkyl halides is 3. The van der Waals surface area contributed by atoms with E-state index in [1.165, 1.54) is 12.1 Å². The Kier molecular flexibility index (Phi) is 8.99. The van der Waals surface area contributed by atoms with Gasteiger partial charge in [0.1, 0.15) is 5.75 Å². The number of ether oxygens (including phenoxy) is 2. The third kappa shape index (κ3) is 8.61. The van der Waals surface area contributed by atoms with Crippen LogP contribution in [0.4, 0.5) is 13.2 Å². The van der Waals surface area contributed by atoms with Crippen molar-refractivity contribution in [2.75, 3.05) is 26.3 Å². The molecule has 0 aromatic heterocycles. The highest BCUT2D eigenvalue weighted by atomic mass is 19.4. The molecule has 8 heteroatoms. The molecule has 1 aromatic carbocycles. The van der Waals surface area contributed by atoms with Crippen molar-refractivity contribution >= 4 is 5.96 Å². The second-order valence-electron chi connectivity index (χ2n) is 4.83. The molecule has 0 saturated heterocycles. The Balaban J connectivity index is 2.65. The molecule has 24 heavy (non-hydrogen) atoms. The fourth-order valence-electron chi connectivity index (χ4n) is 1.89. The Morgan fingerprint density at radius 3 is 2.58 bits per heavy atom. The number of guanidine groups is 1. The number of halogens is 3. The highest BCUT2D eigenvalue weighted by molar-refractivity contribution is 5.79. The number of para-hydroxylation sites is 1. The minimum Gasteiger partial charge on any atom is -0.405 e. The predicted molar refractivity (Wildman–Crippen MR) is 87.1 cm³/mol. The molecule has 0 atom stereocenters. The third-order valence-electron chi connectivity index (χ3n) is 2.91. The van der Waals surface area contributed by atoms with Gasteiger partial charge in [0.2, 0.25) is 0 Å². The normalized spacial score (nSPS) is 12.1. The van der Waals surface area contributed by atoms with Gasteiger partial charge in [-0.15, -0.1) is 13.2 Å². The van der Waals surface area contributed by atoms with Gasteiger partial charge < -0.3 is 20.1 Å². The van der Waals surface area contributed by atoms with Crippen molar-refractivity contribution in [1.29, 1.82) is 0 Å². The Morgan fingerprint density at radius 1 is 1.17 bits per heavy atom. The molecular formula is C16H24F3N3O2. The predicted octanol–water partition coefficient (Wildman–Crippen LogP) is 3.07. The van der Waals surface area contributed by atoms with E-state index in [-0.39, 0.29) is 12.3 Å². The topological polar surface area (TPSA) is 54.9 Å². The minimum absolute atomic E-state index is 0.0764. The zero-order valence-corrected chi connectivity index (χ0v) is 13.9. The van der Waals surface area contributed by atoms with Gasteiger partial charge >= 0.3 is 6.36 Å². The largest absolute Gasteiger partial charge is 0.573 e. The number of nitrogens with zero attached hydrogens (tertiary/aromatic N) is 1. The fourth-order valence-corrected chi connectivity index (χ4v) is 1.89. The molecule has 0 fully saturated rings. The van der Waals surface area contributed by atoms with Crippen LogP contribution in [0.15, 0.2) is 29.3 Å². The third-order valence-corrected chi connectivity index (χ3v) is 2.91. The Labute approximate surface area is 140 Å². The first-order valence-electron chi connectivity index (χ1n) is 7.89. The molecule has 0 bridgehead atoms. The Hall–Kier alpha value is -1.96. The van der Waals surface area contributed by atoms with E-state index in [4.69, 9.17) is 4.74 Å². The van der Waals surface area contributed by atoms with Gasteiger partial charge in [-0.3, -0.25) is 0 Å². The van der Waals surface area contributed by atoms with Gasteiger partial charge in [0.05, 0.1) is 6.54 Å². The second-order valence-corrected chi connectivity index (χ2v) is 4.83. The lowest BCUT2D eigenvalue weighted by Crippen LogP contribution is -2.38. The quantitative estimate of drug-likeness (QED) is 0.410. The van der Waals surface area contributed by atoms with Crippen molar-refractivity contribution in [2.24, 2.45) is 4.99 Å². The molecule has 1 rings (SSSR count). The number of hydrogen-bond donors (Lipinski definition) is 2. The van der Waals surface area contributed by atoms with E-state index in [0.717, 1.165) is 6.42 Å². The van der Waals surface area contributed by atoms with Crippen LogP contribution >= 0.6 is 0 Å². The van der Waals surface area contributed by atoms with Crippen molar-refractivity contribution in [2.45, 2.75) is 33.2 Å². The number of hydrogen-bond acceptors (Lipinski definition) is 3. The van der Waals surface area contributed by atoms with E-state index >= 15 is 0 Å². The van der Waals surface area contributed by atoms with Crippen LogP contribution in [0.25, 0.3) is 0 Å². The van der Waals surface area contributed by atoms with E-state index in [1.807, 2.05) is 13.8 Å². The summed E-state index contributed by atoms with van der Waals surface area (Å²) in [7, 11) is 0. The van der Waals surface area contributed by atoms with Gasteiger partial charge in [-0.2, -0.15) is 0 Å². The van der Waals surface area contributed by atoms with Crippen LogP contribution in [0, 0.1) is 0 Å². The molecule has 0 spiro atoms. The summed E-state index contributed by atoms with van der Waals surface area (Å²) in [6.45, 7) is 6.55. The second kappa shape index (κ2) is 10.7. The summed E-state index contributed by atoms with van der Waals surface area (Å²) in [5.41, 5.74) is 0.362. The van der Waals surface area contributed by atoms with E-state index < -0.39 is 6.36 Å². The molecule has 0 radical (unpaired) electrons. The maximum absolute atomic E-state index is 12.4. The summed E-state index contributed by atoms with van der Waals surface area (Å²) in [5.74, 6) is 0.303. The van der Waals surface area contributed by atoms with Crippen LogP contribution < -0.4 is 15.4 Å². The lowest BCUT2D eigenvalue weighted by molar-refractivity contribution is -0.274. The fraction of sp³-hybridized carbons (Fsp3) is 0.562. The summed E-state index contributed by atoms with van der Waals surface area (Å²) in [5, 5.41) is 6.16. The molecule has 0 aliphatic rings. The van der Waals surface area contributed by atoms with Crippen LogP contribution in [-0.4, -0.2) is 38.6 Å². The van der Waals surface area contributed by atoms with Gasteiger partial charge in [-0.1, -0.05) is 18.2 Å². The SMILES string of the molecule is CCNC(=NCc1ccccc1OC(F)(F)F)NCCCOCC. The molecule has 0 aliphatic heterocycles. The molecule has 0 heterocycles. The van der Waals surface area contributed by atoms with Crippen molar-refractivity contribution in [3.8, 4) is 5.75 Å². The van der Waals surface area contributed by atoms with Gasteiger partial charge in [0, 0.05) is 31.9 Å². The summed E-state index contributed by atoms with van der Waals surface area (Å²) in [6, 6.07) is 5.98. The average Bonchev–Trinajstić information content (AvgIpc) is 2.52. The van der Waals surface area contributed by atoms with Crippen LogP contribution in [0.5, 0.6) is 5.75 Å². The number of aliphatic imine (C=N–C) groups is 1. The molecule has 5 nitrogen and oxygen atoms in total. The van der Waals surface area contributed by atoms with Gasteiger partial charge in [-0.25, -0.2) is 4.99 Å². The Bertz CT molecular complexity index is 508. The van der Waals surface area contributed by atoms with E-state index in [9.17, 15) is 13.2 Å². The van der Waals surface area contributed by atoms with E-state index in [1.54, 1.807) is 12.1 Å². The highest BCUT2D eigenvalue weighted by Crippen LogP contribution is 2.26. The summed E-state index contributed by atoms with van der Waals surface area (Å²) < 4.78 is 46.5. The zero-order valence-electron chi connectivity index (χ0n) is 13.9. The first kappa shape index (κ1) is 20.1. The van der Waals surface area contributed by atoms with Gasteiger partial charge in [-0.05, 0) is 26.3 Å². The summed E-state index contributed by atoms with van der Waals surface area (Å²) in [4.78, 5) is 4.30. The lowest BCUT2D eigenvalue weighted by Gasteiger charge is -2.14. The monoisotopic (exact) mass is 347 g/mol. The van der Waals surface area contributed by atoms with Crippen LogP contribution in [0.1, 0.15) is 25.8 Å². The van der Waals surface area contributed by atoms with Crippen LogP contribution in [-0.2, 0) is 11.3 Å². The Morgan fingerprint density at radius 2 is 1.92 bits per heavy atom. The van der Waals surface area contributed by atoms with Gasteiger partial charge in [0.15, 0.2) is 5.96 Å². The lowest BCUT2D eigenvalue weighted by atomic mass is 10.2. The molecule has 0 aliphatic carbocycles. The van der Waals surface area contributed by atoms with Crippen LogP contribution in [0.2, 0.25) is 0 Å². The minimum atomic E-state index is -4.72. The molecule has 0 saturated carbocycles. The summed E-state index contributed by atoms with van der Waals surface area (Å²) >= 11 is 0. The van der Waals surface area contributed by atoms with Gasteiger partial charge in [0.25, 0.3) is 0 Å². The highest BCUT2D eigenvalue weighted by Gasteiger charge is 2.31. The molecule has 0 unspecified atom stereocenters. The first-order valence-corrected chi connectivity index (χ1v) is 7.89. The first-order chi connectivity index (χ1) is 11.5. The van der Waals surface area contributed by atoms with Crippen molar-refractivity contribution in [3.05, 3.63) is 29.8 Å². The molecule has 2 N–H and O–H groups in total. The maximum atomic E-state index is 12.4.